The van der Waals surface area contributed by atoms with Crippen LogP contribution in [0.15, 0.2) is 0 Å². The molecule has 0 saturated heterocycles. The van der Waals surface area contributed by atoms with Gasteiger partial charge < -0.3 is 10.2 Å². The van der Waals surface area contributed by atoms with Gasteiger partial charge in [0.15, 0.2) is 5.82 Å². The molecule has 0 saturated carbocycles. The first-order valence-corrected chi connectivity index (χ1v) is 5.96. The van der Waals surface area contributed by atoms with Gasteiger partial charge in [-0.3, -0.25) is 4.79 Å². The zero-order valence-corrected chi connectivity index (χ0v) is 11.5. The summed E-state index contributed by atoms with van der Waals surface area (Å²) in [5.74, 6) is 0.610. The molecule has 2 heterocycles. The Hall–Kier alpha value is -1.36. The summed E-state index contributed by atoms with van der Waals surface area (Å²) in [7, 11) is 1.81. The van der Waals surface area contributed by atoms with Gasteiger partial charge in [0.2, 0.25) is 11.2 Å². The Morgan fingerprint density at radius 3 is 2.53 bits per heavy atom. The molecule has 0 unspecified atom stereocenters. The number of nitrogens with zero attached hydrogens (tertiary/aromatic N) is 3. The van der Waals surface area contributed by atoms with E-state index in [2.05, 4.69) is 15.3 Å². The van der Waals surface area contributed by atoms with Crippen LogP contribution >= 0.6 is 11.6 Å². The molecule has 1 aliphatic heterocycles. The van der Waals surface area contributed by atoms with Crippen molar-refractivity contribution >= 4 is 29.0 Å². The van der Waals surface area contributed by atoms with Gasteiger partial charge >= 0.3 is 0 Å². The van der Waals surface area contributed by atoms with Crippen molar-refractivity contribution in [2.75, 3.05) is 17.3 Å². The molecule has 1 amide bonds. The van der Waals surface area contributed by atoms with Crippen LogP contribution in [0, 0.1) is 6.92 Å². The van der Waals surface area contributed by atoms with Gasteiger partial charge in [0, 0.05) is 7.05 Å². The van der Waals surface area contributed by atoms with Crippen molar-refractivity contribution in [2.45, 2.75) is 33.7 Å². The maximum Gasteiger partial charge on any atom is 0.246 e. The van der Waals surface area contributed by atoms with E-state index in [1.165, 1.54) is 0 Å². The van der Waals surface area contributed by atoms with Gasteiger partial charge in [0.05, 0.1) is 5.69 Å². The van der Waals surface area contributed by atoms with Gasteiger partial charge in [-0.05, 0) is 25.4 Å². The summed E-state index contributed by atoms with van der Waals surface area (Å²) in [4.78, 5) is 21.4. The molecule has 1 aromatic rings. The first kappa shape index (κ1) is 13.7. The highest BCUT2D eigenvalue weighted by atomic mass is 35.5. The number of aromatic nitrogens is 2. The SMILES string of the molecule is CC.Cc1nc(Cl)nc2c1NC(=O)[C@H](C)N2C. The highest BCUT2D eigenvalue weighted by Gasteiger charge is 2.29. The van der Waals surface area contributed by atoms with Gasteiger partial charge in [0.25, 0.3) is 0 Å². The molecule has 94 valence electrons. The van der Waals surface area contributed by atoms with Crippen LogP contribution < -0.4 is 10.2 Å². The van der Waals surface area contributed by atoms with Crippen LogP contribution in [0.3, 0.4) is 0 Å². The minimum atomic E-state index is -0.247. The number of likely N-dealkylation sites (N-methyl/N-ethyl adjacent to an activating group) is 1. The molecule has 17 heavy (non-hydrogen) atoms. The predicted octanol–water partition coefficient (Wildman–Crippen LogP) is 2.24. The first-order chi connectivity index (χ1) is 8.00. The van der Waals surface area contributed by atoms with E-state index in [0.717, 1.165) is 0 Å². The Bertz CT molecular complexity index is 436. The first-order valence-electron chi connectivity index (χ1n) is 5.58. The van der Waals surface area contributed by atoms with Crippen molar-refractivity contribution in [3.63, 3.8) is 0 Å². The molecule has 0 aliphatic carbocycles. The number of hydrogen-bond donors (Lipinski definition) is 1. The number of rotatable bonds is 0. The van der Waals surface area contributed by atoms with Crippen LogP contribution in [0.4, 0.5) is 11.5 Å². The average molecular weight is 257 g/mol. The highest BCUT2D eigenvalue weighted by Crippen LogP contribution is 2.31. The highest BCUT2D eigenvalue weighted by molar-refractivity contribution is 6.28. The molecule has 0 radical (unpaired) electrons. The largest absolute Gasteiger partial charge is 0.346 e. The number of anilines is 2. The summed E-state index contributed by atoms with van der Waals surface area (Å²) in [6.45, 7) is 7.60. The standard InChI is InChI=1S/C9H11ClN4O.C2H6/c1-4-6-7(13-9(10)11-4)14(3)5(2)8(15)12-6;1-2/h5H,1-3H3,(H,12,15);1-2H3/t5-;/m0./s1. The number of carbonyl (C=O) groups is 1. The van der Waals surface area contributed by atoms with Gasteiger partial charge in [0.1, 0.15) is 11.7 Å². The molecule has 1 atom stereocenters. The number of amides is 1. The van der Waals surface area contributed by atoms with Crippen LogP contribution in [-0.4, -0.2) is 29.0 Å². The summed E-state index contributed by atoms with van der Waals surface area (Å²) in [5.41, 5.74) is 1.32. The van der Waals surface area contributed by atoms with E-state index in [1.807, 2.05) is 27.8 Å². The quantitative estimate of drug-likeness (QED) is 0.724. The molecule has 1 aliphatic rings. The maximum atomic E-state index is 11.6. The lowest BCUT2D eigenvalue weighted by Crippen LogP contribution is -2.44. The molecule has 0 aromatic carbocycles. The fourth-order valence-electron chi connectivity index (χ4n) is 1.51. The zero-order valence-electron chi connectivity index (χ0n) is 10.7. The van der Waals surface area contributed by atoms with Crippen molar-refractivity contribution in [2.24, 2.45) is 0 Å². The number of halogens is 1. The normalized spacial score (nSPS) is 17.9. The Morgan fingerprint density at radius 1 is 1.35 bits per heavy atom. The Kier molecular flexibility index (Phi) is 4.28. The van der Waals surface area contributed by atoms with E-state index in [0.29, 0.717) is 17.2 Å². The van der Waals surface area contributed by atoms with E-state index in [-0.39, 0.29) is 17.2 Å². The fraction of sp³-hybridized carbons (Fsp3) is 0.545. The second kappa shape index (κ2) is 5.31. The third kappa shape index (κ3) is 2.49. The van der Waals surface area contributed by atoms with Gasteiger partial charge in [-0.2, -0.15) is 4.98 Å². The number of nitrogens with one attached hydrogen (secondary N) is 1. The van der Waals surface area contributed by atoms with E-state index >= 15 is 0 Å². The van der Waals surface area contributed by atoms with Crippen molar-refractivity contribution < 1.29 is 4.79 Å². The van der Waals surface area contributed by atoms with Crippen molar-refractivity contribution in [3.05, 3.63) is 11.0 Å². The van der Waals surface area contributed by atoms with Crippen LogP contribution in [0.2, 0.25) is 5.28 Å². The molecule has 2 rings (SSSR count). The second-order valence-electron chi connectivity index (χ2n) is 3.55. The molecular weight excluding hydrogens is 240 g/mol. The summed E-state index contributed by atoms with van der Waals surface area (Å²) in [6.07, 6.45) is 0. The van der Waals surface area contributed by atoms with Crippen LogP contribution in [0.5, 0.6) is 0 Å². The second-order valence-corrected chi connectivity index (χ2v) is 3.89. The number of hydrogen-bond acceptors (Lipinski definition) is 4. The average Bonchev–Trinajstić information content (AvgIpc) is 2.31. The summed E-state index contributed by atoms with van der Waals surface area (Å²) in [5, 5.41) is 2.97. The lowest BCUT2D eigenvalue weighted by atomic mass is 10.2. The molecule has 5 nitrogen and oxygen atoms in total. The van der Waals surface area contributed by atoms with E-state index in [4.69, 9.17) is 11.6 Å². The van der Waals surface area contributed by atoms with Crippen LogP contribution in [0.1, 0.15) is 26.5 Å². The summed E-state index contributed by atoms with van der Waals surface area (Å²) in [6, 6.07) is -0.247. The lowest BCUT2D eigenvalue weighted by Gasteiger charge is -2.32. The van der Waals surface area contributed by atoms with Crippen LogP contribution in [-0.2, 0) is 4.79 Å². The van der Waals surface area contributed by atoms with Gasteiger partial charge in [-0.1, -0.05) is 13.8 Å². The lowest BCUT2D eigenvalue weighted by molar-refractivity contribution is -0.117. The van der Waals surface area contributed by atoms with Crippen molar-refractivity contribution in [1.29, 1.82) is 0 Å². The van der Waals surface area contributed by atoms with E-state index in [9.17, 15) is 4.79 Å². The van der Waals surface area contributed by atoms with Crippen LogP contribution in [0.25, 0.3) is 0 Å². The third-order valence-electron chi connectivity index (χ3n) is 2.59. The third-order valence-corrected chi connectivity index (χ3v) is 2.76. The fourth-order valence-corrected chi connectivity index (χ4v) is 1.72. The number of aryl methyl sites for hydroxylation is 1. The maximum absolute atomic E-state index is 11.6. The van der Waals surface area contributed by atoms with Gasteiger partial charge in [-0.25, -0.2) is 4.98 Å². The topological polar surface area (TPSA) is 58.1 Å². The number of fused-ring (bicyclic) bond motifs is 1. The Morgan fingerprint density at radius 2 is 1.94 bits per heavy atom. The van der Waals surface area contributed by atoms with E-state index < -0.39 is 0 Å². The monoisotopic (exact) mass is 256 g/mol. The van der Waals surface area contributed by atoms with E-state index in [1.54, 1.807) is 11.8 Å². The predicted molar refractivity (Wildman–Crippen MR) is 69.6 cm³/mol. The zero-order chi connectivity index (χ0) is 13.2. The summed E-state index contributed by atoms with van der Waals surface area (Å²) >= 11 is 5.77. The molecule has 1 N–H and O–H groups in total. The minimum Gasteiger partial charge on any atom is -0.346 e. The Labute approximate surface area is 106 Å². The smallest absolute Gasteiger partial charge is 0.246 e. The summed E-state index contributed by atoms with van der Waals surface area (Å²) < 4.78 is 0. The molecular formula is C11H17ClN4O. The molecule has 6 heteroatoms. The Balaban J connectivity index is 0.000000686. The molecule has 0 bridgehead atoms. The molecule has 1 aromatic heterocycles. The van der Waals surface area contributed by atoms with Gasteiger partial charge in [-0.15, -0.1) is 0 Å². The molecule has 0 fully saturated rings. The van der Waals surface area contributed by atoms with Crippen molar-refractivity contribution in [3.8, 4) is 0 Å². The number of carbonyl (C=O) groups excluding carboxylic acids is 1. The minimum absolute atomic E-state index is 0.0565. The molecule has 0 spiro atoms. The van der Waals surface area contributed by atoms with Crippen molar-refractivity contribution in [1.82, 2.24) is 9.97 Å².